The van der Waals surface area contributed by atoms with Crippen LogP contribution in [0.3, 0.4) is 0 Å². The first-order valence-electron chi connectivity index (χ1n) is 6.68. The summed E-state index contributed by atoms with van der Waals surface area (Å²) in [7, 11) is 0. The highest BCUT2D eigenvalue weighted by atomic mass is 16.5. The van der Waals surface area contributed by atoms with Crippen molar-refractivity contribution in [3.63, 3.8) is 0 Å². The number of carbonyl (C=O) groups is 1. The van der Waals surface area contributed by atoms with Crippen molar-refractivity contribution in [1.82, 2.24) is 9.38 Å². The van der Waals surface area contributed by atoms with Crippen LogP contribution in [0.25, 0.3) is 5.52 Å². The number of rotatable bonds is 4. The van der Waals surface area contributed by atoms with E-state index in [1.165, 1.54) is 6.07 Å². The van der Waals surface area contributed by atoms with Gasteiger partial charge in [0.1, 0.15) is 6.61 Å². The van der Waals surface area contributed by atoms with E-state index in [0.717, 1.165) is 5.56 Å². The summed E-state index contributed by atoms with van der Waals surface area (Å²) in [6.07, 6.45) is 1.76. The molecule has 0 atom stereocenters. The lowest BCUT2D eigenvalue weighted by atomic mass is 10.2. The number of aromatic carboxylic acids is 1. The lowest BCUT2D eigenvalue weighted by Crippen LogP contribution is -2.01. The van der Waals surface area contributed by atoms with Gasteiger partial charge in [-0.1, -0.05) is 12.1 Å². The number of phenols is 1. The summed E-state index contributed by atoms with van der Waals surface area (Å²) in [6, 6.07) is 10.2. The van der Waals surface area contributed by atoms with Crippen molar-refractivity contribution >= 4 is 11.5 Å². The van der Waals surface area contributed by atoms with Crippen molar-refractivity contribution in [3.05, 3.63) is 59.7 Å². The number of benzene rings is 1. The third kappa shape index (κ3) is 2.46. The standard InChI is InChI=1S/C16H14N2O4/c1-10-6-7-18-11(8-10)15(16(20)21)17-14(18)9-22-13-5-3-2-4-12(13)19/h2-8,19H,9H2,1H3,(H,20,21). The summed E-state index contributed by atoms with van der Waals surface area (Å²) in [5.41, 5.74) is 1.45. The average Bonchev–Trinajstić information content (AvgIpc) is 2.84. The van der Waals surface area contributed by atoms with Gasteiger partial charge in [-0.3, -0.25) is 4.40 Å². The zero-order valence-corrected chi connectivity index (χ0v) is 11.9. The molecule has 3 aromatic rings. The predicted octanol–water partition coefficient (Wildman–Crippen LogP) is 2.63. The molecule has 0 aliphatic rings. The van der Waals surface area contributed by atoms with Gasteiger partial charge in [-0.05, 0) is 36.8 Å². The van der Waals surface area contributed by atoms with Gasteiger partial charge in [0.05, 0.1) is 5.52 Å². The van der Waals surface area contributed by atoms with E-state index in [4.69, 9.17) is 4.74 Å². The van der Waals surface area contributed by atoms with Crippen LogP contribution in [0.4, 0.5) is 0 Å². The third-order valence-electron chi connectivity index (χ3n) is 3.30. The van der Waals surface area contributed by atoms with Gasteiger partial charge in [-0.2, -0.15) is 0 Å². The Labute approximate surface area is 126 Å². The Hall–Kier alpha value is -3.02. The summed E-state index contributed by atoms with van der Waals surface area (Å²) in [5, 5.41) is 18.9. The highest BCUT2D eigenvalue weighted by Gasteiger charge is 2.17. The molecule has 0 spiro atoms. The number of pyridine rings is 1. The highest BCUT2D eigenvalue weighted by Crippen LogP contribution is 2.25. The van der Waals surface area contributed by atoms with Gasteiger partial charge in [-0.15, -0.1) is 0 Å². The lowest BCUT2D eigenvalue weighted by molar-refractivity contribution is 0.0693. The van der Waals surface area contributed by atoms with Crippen LogP contribution in [-0.2, 0) is 6.61 Å². The molecule has 22 heavy (non-hydrogen) atoms. The molecule has 0 aliphatic carbocycles. The number of nitrogens with zero attached hydrogens (tertiary/aromatic N) is 2. The molecular weight excluding hydrogens is 284 g/mol. The molecule has 0 aliphatic heterocycles. The quantitative estimate of drug-likeness (QED) is 0.773. The molecule has 6 nitrogen and oxygen atoms in total. The number of hydrogen-bond acceptors (Lipinski definition) is 4. The molecule has 0 saturated heterocycles. The number of ether oxygens (including phenoxy) is 1. The maximum Gasteiger partial charge on any atom is 0.356 e. The number of aromatic nitrogens is 2. The Bertz CT molecular complexity index is 854. The molecule has 0 radical (unpaired) electrons. The van der Waals surface area contributed by atoms with Crippen LogP contribution in [0, 0.1) is 6.92 Å². The van der Waals surface area contributed by atoms with E-state index in [1.54, 1.807) is 34.9 Å². The van der Waals surface area contributed by atoms with E-state index in [9.17, 15) is 15.0 Å². The first-order valence-corrected chi connectivity index (χ1v) is 6.68. The van der Waals surface area contributed by atoms with E-state index in [1.807, 2.05) is 13.0 Å². The number of aromatic hydroxyl groups is 1. The second-order valence-electron chi connectivity index (χ2n) is 4.90. The molecule has 2 aromatic heterocycles. The minimum Gasteiger partial charge on any atom is -0.504 e. The first-order chi connectivity index (χ1) is 10.6. The molecule has 0 bridgehead atoms. The predicted molar refractivity (Wildman–Crippen MR) is 79.3 cm³/mol. The van der Waals surface area contributed by atoms with Crippen molar-refractivity contribution in [2.45, 2.75) is 13.5 Å². The zero-order chi connectivity index (χ0) is 15.7. The summed E-state index contributed by atoms with van der Waals surface area (Å²) < 4.78 is 7.21. The number of carboxylic acid groups (broad SMARTS) is 1. The van der Waals surface area contributed by atoms with Gasteiger partial charge >= 0.3 is 5.97 Å². The number of para-hydroxylation sites is 2. The van der Waals surface area contributed by atoms with Crippen LogP contribution >= 0.6 is 0 Å². The number of imidazole rings is 1. The van der Waals surface area contributed by atoms with E-state index < -0.39 is 5.97 Å². The van der Waals surface area contributed by atoms with Crippen LogP contribution in [0.15, 0.2) is 42.6 Å². The fourth-order valence-corrected chi connectivity index (χ4v) is 2.23. The van der Waals surface area contributed by atoms with Crippen molar-refractivity contribution < 1.29 is 19.7 Å². The fraction of sp³-hybridized carbons (Fsp3) is 0.125. The number of carboxylic acids is 1. The van der Waals surface area contributed by atoms with Crippen LogP contribution in [0.2, 0.25) is 0 Å². The van der Waals surface area contributed by atoms with E-state index >= 15 is 0 Å². The normalized spacial score (nSPS) is 10.8. The van der Waals surface area contributed by atoms with Crippen LogP contribution in [0.1, 0.15) is 21.9 Å². The number of fused-ring (bicyclic) bond motifs is 1. The Morgan fingerprint density at radius 2 is 2.09 bits per heavy atom. The smallest absolute Gasteiger partial charge is 0.356 e. The molecule has 1 aromatic carbocycles. The van der Waals surface area contributed by atoms with Crippen molar-refractivity contribution in [1.29, 1.82) is 0 Å². The maximum atomic E-state index is 11.3. The molecule has 6 heteroatoms. The van der Waals surface area contributed by atoms with Gasteiger partial charge < -0.3 is 14.9 Å². The molecule has 0 fully saturated rings. The molecular formula is C16H14N2O4. The minimum absolute atomic E-state index is 0.0143. The average molecular weight is 298 g/mol. The first kappa shape index (κ1) is 13.9. The Balaban J connectivity index is 1.97. The monoisotopic (exact) mass is 298 g/mol. The van der Waals surface area contributed by atoms with Crippen molar-refractivity contribution in [3.8, 4) is 11.5 Å². The zero-order valence-electron chi connectivity index (χ0n) is 11.9. The molecule has 2 heterocycles. The van der Waals surface area contributed by atoms with Crippen LogP contribution < -0.4 is 4.74 Å². The SMILES string of the molecule is Cc1ccn2c(COc3ccccc3O)nc(C(=O)O)c2c1. The molecule has 0 amide bonds. The summed E-state index contributed by atoms with van der Waals surface area (Å²) in [5.74, 6) is -0.284. The minimum atomic E-state index is -1.09. The highest BCUT2D eigenvalue weighted by molar-refractivity contribution is 5.93. The molecule has 0 saturated carbocycles. The van der Waals surface area contributed by atoms with Crippen molar-refractivity contribution in [2.75, 3.05) is 0 Å². The van der Waals surface area contributed by atoms with E-state index in [0.29, 0.717) is 17.1 Å². The van der Waals surface area contributed by atoms with Gasteiger partial charge in [0, 0.05) is 6.20 Å². The van der Waals surface area contributed by atoms with Gasteiger partial charge in [-0.25, -0.2) is 9.78 Å². The number of aryl methyl sites for hydroxylation is 1. The number of hydrogen-bond donors (Lipinski definition) is 2. The second kappa shape index (κ2) is 5.40. The maximum absolute atomic E-state index is 11.3. The van der Waals surface area contributed by atoms with Gasteiger partial charge in [0.15, 0.2) is 23.0 Å². The van der Waals surface area contributed by atoms with Gasteiger partial charge in [0.2, 0.25) is 0 Å². The third-order valence-corrected chi connectivity index (χ3v) is 3.30. The summed E-state index contributed by atoms with van der Waals surface area (Å²) in [6.45, 7) is 1.94. The van der Waals surface area contributed by atoms with Crippen LogP contribution in [-0.4, -0.2) is 25.6 Å². The van der Waals surface area contributed by atoms with E-state index in [2.05, 4.69) is 4.98 Å². The number of phenolic OH excluding ortho intramolecular Hbond substituents is 1. The topological polar surface area (TPSA) is 84.1 Å². The van der Waals surface area contributed by atoms with Crippen LogP contribution in [0.5, 0.6) is 11.5 Å². The Morgan fingerprint density at radius 1 is 1.32 bits per heavy atom. The van der Waals surface area contributed by atoms with Gasteiger partial charge in [0.25, 0.3) is 0 Å². The second-order valence-corrected chi connectivity index (χ2v) is 4.90. The molecule has 112 valence electrons. The Morgan fingerprint density at radius 3 is 2.82 bits per heavy atom. The molecule has 0 unspecified atom stereocenters. The molecule has 3 rings (SSSR count). The fourth-order valence-electron chi connectivity index (χ4n) is 2.23. The van der Waals surface area contributed by atoms with E-state index in [-0.39, 0.29) is 18.1 Å². The Kier molecular flexibility index (Phi) is 3.42. The van der Waals surface area contributed by atoms with Crippen molar-refractivity contribution in [2.24, 2.45) is 0 Å². The molecule has 2 N–H and O–H groups in total. The largest absolute Gasteiger partial charge is 0.504 e. The lowest BCUT2D eigenvalue weighted by Gasteiger charge is -2.07. The summed E-state index contributed by atoms with van der Waals surface area (Å²) >= 11 is 0. The summed E-state index contributed by atoms with van der Waals surface area (Å²) in [4.78, 5) is 15.4.